The molecule has 2 aromatic rings. The number of hydrogen-bond donors (Lipinski definition) is 1. The Bertz CT molecular complexity index is 721. The van der Waals surface area contributed by atoms with Crippen molar-refractivity contribution in [3.63, 3.8) is 0 Å². The Morgan fingerprint density at radius 3 is 2.71 bits per heavy atom. The van der Waals surface area contributed by atoms with Crippen LogP contribution in [0, 0.1) is 11.6 Å². The van der Waals surface area contributed by atoms with E-state index in [1.165, 1.54) is 0 Å². The molecule has 0 saturated heterocycles. The molecule has 0 radical (unpaired) electrons. The van der Waals surface area contributed by atoms with E-state index in [0.717, 1.165) is 28.5 Å². The lowest BCUT2D eigenvalue weighted by molar-refractivity contribution is 0.0988. The van der Waals surface area contributed by atoms with Crippen LogP contribution in [0.1, 0.15) is 10.4 Å². The molecule has 3 rings (SSSR count). The number of carbonyl (C=O) groups is 1. The van der Waals surface area contributed by atoms with Gasteiger partial charge in [0.25, 0.3) is 5.91 Å². The number of nitrogen functional groups attached to an aromatic ring is 1. The Kier molecular flexibility index (Phi) is 3.55. The van der Waals surface area contributed by atoms with Crippen molar-refractivity contribution in [2.75, 3.05) is 22.9 Å². The summed E-state index contributed by atoms with van der Waals surface area (Å²) in [5.41, 5.74) is 6.35. The maximum absolute atomic E-state index is 13.4. The fourth-order valence-electron chi connectivity index (χ4n) is 2.27. The van der Waals surface area contributed by atoms with Gasteiger partial charge < -0.3 is 10.6 Å². The topological polar surface area (TPSA) is 46.3 Å². The highest BCUT2D eigenvalue weighted by molar-refractivity contribution is 7.99. The predicted molar refractivity (Wildman–Crippen MR) is 79.6 cm³/mol. The number of benzene rings is 2. The molecule has 0 unspecified atom stereocenters. The quantitative estimate of drug-likeness (QED) is 0.822. The molecule has 2 N–H and O–H groups in total. The summed E-state index contributed by atoms with van der Waals surface area (Å²) in [6.07, 6.45) is 0. The smallest absolute Gasteiger partial charge is 0.260 e. The van der Waals surface area contributed by atoms with Gasteiger partial charge in [0, 0.05) is 28.9 Å². The van der Waals surface area contributed by atoms with Gasteiger partial charge in [0.1, 0.15) is 0 Å². The van der Waals surface area contributed by atoms with Crippen molar-refractivity contribution in [2.45, 2.75) is 4.90 Å². The number of amides is 1. The van der Waals surface area contributed by atoms with Crippen molar-refractivity contribution < 1.29 is 13.6 Å². The Labute approximate surface area is 124 Å². The number of fused-ring (bicyclic) bond motifs is 1. The highest BCUT2D eigenvalue weighted by atomic mass is 32.2. The van der Waals surface area contributed by atoms with E-state index in [1.807, 2.05) is 24.3 Å². The number of rotatable bonds is 1. The van der Waals surface area contributed by atoms with Crippen molar-refractivity contribution in [1.29, 1.82) is 0 Å². The zero-order valence-electron chi connectivity index (χ0n) is 11.0. The molecule has 0 aliphatic carbocycles. The maximum atomic E-state index is 13.4. The molecule has 0 fully saturated rings. The lowest BCUT2D eigenvalue weighted by atomic mass is 10.1. The standard InChI is InChI=1S/C15H12F2N2OS/c16-10-7-9(12(18)8-11(10)17)15(20)19-5-6-21-14-4-2-1-3-13(14)19/h1-4,7-8H,5-6,18H2. The largest absolute Gasteiger partial charge is 0.398 e. The summed E-state index contributed by atoms with van der Waals surface area (Å²) in [7, 11) is 0. The van der Waals surface area contributed by atoms with Gasteiger partial charge in [-0.25, -0.2) is 8.78 Å². The molecule has 0 spiro atoms. The molecule has 1 aliphatic heterocycles. The second kappa shape index (κ2) is 5.37. The van der Waals surface area contributed by atoms with Crippen LogP contribution in [-0.2, 0) is 0 Å². The third-order valence-electron chi connectivity index (χ3n) is 3.30. The number of hydrogen-bond acceptors (Lipinski definition) is 3. The molecular weight excluding hydrogens is 294 g/mol. The lowest BCUT2D eigenvalue weighted by Crippen LogP contribution is -2.35. The first kappa shape index (κ1) is 13.9. The minimum Gasteiger partial charge on any atom is -0.398 e. The minimum absolute atomic E-state index is 0.0180. The molecule has 108 valence electrons. The normalized spacial score (nSPS) is 13.9. The molecule has 3 nitrogen and oxygen atoms in total. The van der Waals surface area contributed by atoms with Crippen molar-refractivity contribution >= 4 is 29.0 Å². The number of nitrogens with zero attached hydrogens (tertiary/aromatic N) is 1. The summed E-state index contributed by atoms with van der Waals surface area (Å²) in [5, 5.41) is 0. The zero-order chi connectivity index (χ0) is 15.0. The molecule has 2 aromatic carbocycles. The number of para-hydroxylation sites is 1. The highest BCUT2D eigenvalue weighted by Crippen LogP contribution is 2.35. The van der Waals surface area contributed by atoms with Crippen LogP contribution < -0.4 is 10.6 Å². The second-order valence-corrected chi connectivity index (χ2v) is 5.76. The van der Waals surface area contributed by atoms with Crippen molar-refractivity contribution in [1.82, 2.24) is 0 Å². The van der Waals surface area contributed by atoms with Crippen LogP contribution in [0.5, 0.6) is 0 Å². The van der Waals surface area contributed by atoms with Crippen LogP contribution in [0.4, 0.5) is 20.2 Å². The first-order valence-electron chi connectivity index (χ1n) is 6.36. The number of carbonyl (C=O) groups excluding carboxylic acids is 1. The van der Waals surface area contributed by atoms with Crippen LogP contribution in [0.2, 0.25) is 0 Å². The number of thioether (sulfide) groups is 1. The molecule has 1 aliphatic rings. The van der Waals surface area contributed by atoms with Gasteiger partial charge in [-0.1, -0.05) is 12.1 Å². The Morgan fingerprint density at radius 2 is 1.90 bits per heavy atom. The summed E-state index contributed by atoms with van der Waals surface area (Å²) in [5.74, 6) is -1.81. The molecule has 1 heterocycles. The van der Waals surface area contributed by atoms with Gasteiger partial charge in [0.05, 0.1) is 11.3 Å². The first-order valence-corrected chi connectivity index (χ1v) is 7.34. The Hall–Kier alpha value is -2.08. The van der Waals surface area contributed by atoms with Crippen molar-refractivity contribution in [3.8, 4) is 0 Å². The maximum Gasteiger partial charge on any atom is 0.260 e. The average molecular weight is 306 g/mol. The summed E-state index contributed by atoms with van der Waals surface area (Å²) < 4.78 is 26.5. The Balaban J connectivity index is 2.03. The fourth-order valence-corrected chi connectivity index (χ4v) is 3.27. The molecule has 6 heteroatoms. The zero-order valence-corrected chi connectivity index (χ0v) is 11.8. The van der Waals surface area contributed by atoms with Gasteiger partial charge in [-0.2, -0.15) is 0 Å². The highest BCUT2D eigenvalue weighted by Gasteiger charge is 2.26. The third-order valence-corrected chi connectivity index (χ3v) is 4.34. The van der Waals surface area contributed by atoms with Crippen molar-refractivity contribution in [3.05, 3.63) is 53.6 Å². The summed E-state index contributed by atoms with van der Waals surface area (Å²) in [6, 6.07) is 9.18. The van der Waals surface area contributed by atoms with E-state index in [9.17, 15) is 13.6 Å². The monoisotopic (exact) mass is 306 g/mol. The fraction of sp³-hybridized carbons (Fsp3) is 0.133. The van der Waals surface area contributed by atoms with Crippen LogP contribution >= 0.6 is 11.8 Å². The van der Waals surface area contributed by atoms with Gasteiger partial charge in [-0.15, -0.1) is 11.8 Å². The van der Waals surface area contributed by atoms with Crippen LogP contribution in [0.15, 0.2) is 41.3 Å². The van der Waals surface area contributed by atoms with Gasteiger partial charge in [0.15, 0.2) is 11.6 Å². The van der Waals surface area contributed by atoms with Crippen LogP contribution in [-0.4, -0.2) is 18.2 Å². The predicted octanol–water partition coefficient (Wildman–Crippen LogP) is 3.30. The number of anilines is 2. The van der Waals surface area contributed by atoms with Gasteiger partial charge >= 0.3 is 0 Å². The van der Waals surface area contributed by atoms with Gasteiger partial charge in [0.2, 0.25) is 0 Å². The van der Waals surface area contributed by atoms with E-state index in [4.69, 9.17) is 5.73 Å². The first-order chi connectivity index (χ1) is 10.1. The number of nitrogens with two attached hydrogens (primary N) is 1. The van der Waals surface area contributed by atoms with Crippen molar-refractivity contribution in [2.24, 2.45) is 0 Å². The average Bonchev–Trinajstić information content (AvgIpc) is 2.49. The van der Waals surface area contributed by atoms with E-state index in [-0.39, 0.29) is 11.3 Å². The third kappa shape index (κ3) is 2.47. The molecule has 0 bridgehead atoms. The summed E-state index contributed by atoms with van der Waals surface area (Å²) in [4.78, 5) is 15.1. The van der Waals surface area contributed by atoms with E-state index in [2.05, 4.69) is 0 Å². The molecule has 0 aromatic heterocycles. The minimum atomic E-state index is -1.08. The van der Waals surface area contributed by atoms with E-state index >= 15 is 0 Å². The second-order valence-electron chi connectivity index (χ2n) is 4.63. The SMILES string of the molecule is Nc1cc(F)c(F)cc1C(=O)N1CCSc2ccccc21. The Morgan fingerprint density at radius 1 is 1.19 bits per heavy atom. The summed E-state index contributed by atoms with van der Waals surface area (Å²) in [6.45, 7) is 0.499. The van der Waals surface area contributed by atoms with Crippen LogP contribution in [0.3, 0.4) is 0 Å². The molecule has 0 saturated carbocycles. The molecule has 21 heavy (non-hydrogen) atoms. The van der Waals surface area contributed by atoms with Gasteiger partial charge in [-0.05, 0) is 18.2 Å². The lowest BCUT2D eigenvalue weighted by Gasteiger charge is -2.29. The summed E-state index contributed by atoms with van der Waals surface area (Å²) >= 11 is 1.66. The molecule has 1 amide bonds. The number of halogens is 2. The molecule has 0 atom stereocenters. The van der Waals surface area contributed by atoms with E-state index in [0.29, 0.717) is 6.54 Å². The van der Waals surface area contributed by atoms with E-state index < -0.39 is 17.5 Å². The van der Waals surface area contributed by atoms with Gasteiger partial charge in [-0.3, -0.25) is 4.79 Å². The molecular formula is C15H12F2N2OS. The van der Waals surface area contributed by atoms with E-state index in [1.54, 1.807) is 16.7 Å². The van der Waals surface area contributed by atoms with Crippen LogP contribution in [0.25, 0.3) is 0 Å².